The maximum atomic E-state index is 5.34. The van der Waals surface area contributed by atoms with E-state index < -0.39 is 0 Å². The lowest BCUT2D eigenvalue weighted by Crippen LogP contribution is -2.44. The minimum absolute atomic E-state index is 0.776. The van der Waals surface area contributed by atoms with Gasteiger partial charge in [-0.1, -0.05) is 19.1 Å². The lowest BCUT2D eigenvalue weighted by molar-refractivity contribution is 0.159. The summed E-state index contributed by atoms with van der Waals surface area (Å²) in [5.41, 5.74) is 4.41. The molecule has 1 fully saturated rings. The Morgan fingerprint density at radius 2 is 2.09 bits per heavy atom. The van der Waals surface area contributed by atoms with E-state index in [1.54, 1.807) is 7.11 Å². The zero-order chi connectivity index (χ0) is 15.4. The molecular formula is C18H29N3O. The van der Waals surface area contributed by atoms with Crippen LogP contribution < -0.4 is 10.3 Å². The highest BCUT2D eigenvalue weighted by atomic mass is 16.5. The first kappa shape index (κ1) is 15.8. The summed E-state index contributed by atoms with van der Waals surface area (Å²) >= 11 is 0. The topological polar surface area (TPSA) is 27.7 Å². The molecule has 2 aliphatic rings. The number of nitrogens with zero attached hydrogens (tertiary/aromatic N) is 2. The van der Waals surface area contributed by atoms with Crippen LogP contribution in [0.1, 0.15) is 30.9 Å². The number of nitrogens with one attached hydrogen (secondary N) is 1. The molecule has 0 spiro atoms. The minimum Gasteiger partial charge on any atom is -0.383 e. The van der Waals surface area contributed by atoms with Gasteiger partial charge in [0.25, 0.3) is 0 Å². The summed E-state index contributed by atoms with van der Waals surface area (Å²) in [5, 5.41) is 8.48. The molecule has 0 aliphatic carbocycles. The minimum atomic E-state index is 0.776. The molecule has 0 saturated carbocycles. The van der Waals surface area contributed by atoms with E-state index in [4.69, 9.17) is 4.74 Å². The lowest BCUT2D eigenvalue weighted by atomic mass is 9.98. The van der Waals surface area contributed by atoms with E-state index in [-0.39, 0.29) is 0 Å². The third-order valence-corrected chi connectivity index (χ3v) is 5.02. The molecule has 2 aliphatic heterocycles. The first-order valence-electron chi connectivity index (χ1n) is 8.66. The fourth-order valence-electron chi connectivity index (χ4n) is 3.76. The number of aryl methyl sites for hydroxylation is 1. The highest BCUT2D eigenvalue weighted by Crippen LogP contribution is 2.34. The average Bonchev–Trinajstić information content (AvgIpc) is 2.91. The quantitative estimate of drug-likeness (QED) is 0.873. The molecule has 0 aromatic heterocycles. The normalized spacial score (nSPS) is 19.6. The SMILES string of the molecule is CCc1cccc2c1CN(CC1CCNCC1)N2CCOC. The summed E-state index contributed by atoms with van der Waals surface area (Å²) in [7, 11) is 1.79. The molecule has 0 atom stereocenters. The zero-order valence-corrected chi connectivity index (χ0v) is 14.0. The predicted molar refractivity (Wildman–Crippen MR) is 91.0 cm³/mol. The Morgan fingerprint density at radius 1 is 1.27 bits per heavy atom. The van der Waals surface area contributed by atoms with Crippen molar-refractivity contribution in [2.45, 2.75) is 32.7 Å². The van der Waals surface area contributed by atoms with Crippen molar-refractivity contribution < 1.29 is 4.74 Å². The fourth-order valence-corrected chi connectivity index (χ4v) is 3.76. The van der Waals surface area contributed by atoms with Gasteiger partial charge >= 0.3 is 0 Å². The molecule has 4 nitrogen and oxygen atoms in total. The summed E-state index contributed by atoms with van der Waals surface area (Å²) in [6, 6.07) is 6.75. The van der Waals surface area contributed by atoms with Gasteiger partial charge in [0.05, 0.1) is 18.8 Å². The fraction of sp³-hybridized carbons (Fsp3) is 0.667. The van der Waals surface area contributed by atoms with Crippen molar-refractivity contribution in [1.29, 1.82) is 0 Å². The van der Waals surface area contributed by atoms with Crippen molar-refractivity contribution in [3.05, 3.63) is 29.3 Å². The van der Waals surface area contributed by atoms with E-state index in [1.807, 2.05) is 0 Å². The molecule has 122 valence electrons. The van der Waals surface area contributed by atoms with Gasteiger partial charge in [-0.15, -0.1) is 0 Å². The van der Waals surface area contributed by atoms with Crippen molar-refractivity contribution in [2.24, 2.45) is 5.92 Å². The van der Waals surface area contributed by atoms with Crippen LogP contribution in [0.4, 0.5) is 5.69 Å². The first-order valence-corrected chi connectivity index (χ1v) is 8.66. The van der Waals surface area contributed by atoms with E-state index in [1.165, 1.54) is 49.3 Å². The van der Waals surface area contributed by atoms with Gasteiger partial charge in [0.1, 0.15) is 0 Å². The smallest absolute Gasteiger partial charge is 0.0653 e. The number of benzene rings is 1. The van der Waals surface area contributed by atoms with Gasteiger partial charge in [-0.05, 0) is 55.5 Å². The largest absolute Gasteiger partial charge is 0.383 e. The number of anilines is 1. The van der Waals surface area contributed by atoms with E-state index in [9.17, 15) is 0 Å². The Labute approximate surface area is 134 Å². The number of methoxy groups -OCH3 is 1. The Kier molecular flexibility index (Phi) is 5.34. The molecule has 1 aromatic rings. The van der Waals surface area contributed by atoms with Crippen molar-refractivity contribution in [1.82, 2.24) is 10.3 Å². The Balaban J connectivity index is 1.77. The van der Waals surface area contributed by atoms with E-state index in [0.717, 1.165) is 32.0 Å². The summed E-state index contributed by atoms with van der Waals surface area (Å²) in [6.45, 7) is 8.55. The van der Waals surface area contributed by atoms with E-state index in [0.29, 0.717) is 0 Å². The number of fused-ring (bicyclic) bond motifs is 1. The molecule has 2 heterocycles. The van der Waals surface area contributed by atoms with Crippen LogP contribution in [0.25, 0.3) is 0 Å². The monoisotopic (exact) mass is 303 g/mol. The number of hydrogen-bond donors (Lipinski definition) is 1. The molecule has 1 N–H and O–H groups in total. The highest BCUT2D eigenvalue weighted by molar-refractivity contribution is 5.59. The Hall–Kier alpha value is -1.10. The third-order valence-electron chi connectivity index (χ3n) is 5.02. The van der Waals surface area contributed by atoms with Gasteiger partial charge in [0, 0.05) is 20.2 Å². The maximum Gasteiger partial charge on any atom is 0.0653 e. The highest BCUT2D eigenvalue weighted by Gasteiger charge is 2.30. The molecule has 0 amide bonds. The number of hydrazine groups is 1. The van der Waals surface area contributed by atoms with Crippen LogP contribution in [0.3, 0.4) is 0 Å². The van der Waals surface area contributed by atoms with Gasteiger partial charge in [-0.2, -0.15) is 0 Å². The van der Waals surface area contributed by atoms with Crippen LogP contribution in [-0.2, 0) is 17.7 Å². The number of hydrogen-bond acceptors (Lipinski definition) is 4. The molecule has 4 heteroatoms. The van der Waals surface area contributed by atoms with Crippen LogP contribution in [-0.4, -0.2) is 44.9 Å². The van der Waals surface area contributed by atoms with Crippen LogP contribution in [0.5, 0.6) is 0 Å². The summed E-state index contributed by atoms with van der Waals surface area (Å²) in [5.74, 6) is 0.811. The first-order chi connectivity index (χ1) is 10.8. The second kappa shape index (κ2) is 7.44. The van der Waals surface area contributed by atoms with Gasteiger partial charge in [0.15, 0.2) is 0 Å². The van der Waals surface area contributed by atoms with Gasteiger partial charge in [-0.3, -0.25) is 0 Å². The molecule has 1 saturated heterocycles. The Bertz CT molecular complexity index is 485. The summed E-state index contributed by atoms with van der Waals surface area (Å²) in [6.07, 6.45) is 3.71. The second-order valence-corrected chi connectivity index (χ2v) is 6.42. The van der Waals surface area contributed by atoms with Crippen molar-refractivity contribution in [3.8, 4) is 0 Å². The number of piperidine rings is 1. The molecule has 22 heavy (non-hydrogen) atoms. The number of rotatable bonds is 6. The summed E-state index contributed by atoms with van der Waals surface area (Å²) < 4.78 is 5.34. The number of ether oxygens (including phenoxy) is 1. The predicted octanol–water partition coefficient (Wildman–Crippen LogP) is 2.43. The van der Waals surface area contributed by atoms with E-state index >= 15 is 0 Å². The van der Waals surface area contributed by atoms with Gasteiger partial charge in [-0.25, -0.2) is 5.01 Å². The molecule has 3 rings (SSSR count). The Morgan fingerprint density at radius 3 is 2.82 bits per heavy atom. The maximum absolute atomic E-state index is 5.34. The molecule has 0 bridgehead atoms. The van der Waals surface area contributed by atoms with Crippen molar-refractivity contribution >= 4 is 5.69 Å². The van der Waals surface area contributed by atoms with Crippen LogP contribution in [0.15, 0.2) is 18.2 Å². The molecule has 0 unspecified atom stereocenters. The van der Waals surface area contributed by atoms with Crippen molar-refractivity contribution in [2.75, 3.05) is 44.9 Å². The van der Waals surface area contributed by atoms with Gasteiger partial charge in [0.2, 0.25) is 0 Å². The lowest BCUT2D eigenvalue weighted by Gasteiger charge is -2.34. The van der Waals surface area contributed by atoms with Gasteiger partial charge < -0.3 is 15.1 Å². The second-order valence-electron chi connectivity index (χ2n) is 6.42. The summed E-state index contributed by atoms with van der Waals surface area (Å²) in [4.78, 5) is 0. The van der Waals surface area contributed by atoms with Crippen LogP contribution in [0, 0.1) is 5.92 Å². The van der Waals surface area contributed by atoms with Crippen molar-refractivity contribution in [3.63, 3.8) is 0 Å². The third kappa shape index (κ3) is 3.29. The standard InChI is InChI=1S/C18H29N3O/c1-3-16-5-4-6-18-17(16)14-20(21(18)11-12-22-2)13-15-7-9-19-10-8-15/h4-6,15,19H,3,7-14H2,1-2H3. The molecule has 1 aromatic carbocycles. The average molecular weight is 303 g/mol. The van der Waals surface area contributed by atoms with Crippen LogP contribution in [0.2, 0.25) is 0 Å². The van der Waals surface area contributed by atoms with Crippen LogP contribution >= 0.6 is 0 Å². The molecule has 0 radical (unpaired) electrons. The molecular weight excluding hydrogens is 274 g/mol. The van der Waals surface area contributed by atoms with E-state index in [2.05, 4.69) is 40.5 Å². The zero-order valence-electron chi connectivity index (χ0n) is 14.0.